The molecular formula is C11H14BrN3O. The van der Waals surface area contributed by atoms with Crippen LogP contribution in [0.3, 0.4) is 0 Å². The lowest BCUT2D eigenvalue weighted by atomic mass is 10.3. The smallest absolute Gasteiger partial charge is 0.307 e. The number of carbonyl (C=O) groups is 1. The van der Waals surface area contributed by atoms with Crippen molar-refractivity contribution < 1.29 is 4.79 Å². The summed E-state index contributed by atoms with van der Waals surface area (Å²) in [6.07, 6.45) is 1.67. The first kappa shape index (κ1) is 12.7. The molecule has 0 spiro atoms. The maximum Gasteiger partial charge on any atom is 0.339 e. The molecule has 0 unspecified atom stereocenters. The second-order valence-electron chi connectivity index (χ2n) is 3.60. The quantitative estimate of drug-likeness (QED) is 0.650. The van der Waals surface area contributed by atoms with Gasteiger partial charge < -0.3 is 5.32 Å². The van der Waals surface area contributed by atoms with E-state index in [1.165, 1.54) is 0 Å². The first-order valence-electron chi connectivity index (χ1n) is 4.93. The largest absolute Gasteiger partial charge is 0.339 e. The molecule has 16 heavy (non-hydrogen) atoms. The van der Waals surface area contributed by atoms with Crippen LogP contribution in [0.25, 0.3) is 0 Å². The van der Waals surface area contributed by atoms with E-state index in [2.05, 4.69) is 31.8 Å². The van der Waals surface area contributed by atoms with Gasteiger partial charge in [0.25, 0.3) is 0 Å². The average Bonchev–Trinajstić information content (AvgIpc) is 2.21. The van der Waals surface area contributed by atoms with Gasteiger partial charge in [-0.15, -0.1) is 0 Å². The fourth-order valence-corrected chi connectivity index (χ4v) is 1.20. The summed E-state index contributed by atoms with van der Waals surface area (Å²) in [6.45, 7) is 3.97. The summed E-state index contributed by atoms with van der Waals surface area (Å²) in [5.41, 5.74) is 3.11. The molecule has 0 bridgehead atoms. The molecule has 1 rings (SSSR count). The van der Waals surface area contributed by atoms with Gasteiger partial charge in [-0.05, 0) is 30.2 Å². The summed E-state index contributed by atoms with van der Waals surface area (Å²) in [5, 5.41) is 6.45. The van der Waals surface area contributed by atoms with Crippen LogP contribution in [0.1, 0.15) is 13.8 Å². The minimum absolute atomic E-state index is 0.313. The number of urea groups is 1. The third-order valence-electron chi connectivity index (χ3n) is 1.64. The van der Waals surface area contributed by atoms with Gasteiger partial charge in [0.2, 0.25) is 0 Å². The van der Waals surface area contributed by atoms with E-state index in [0.717, 1.165) is 10.2 Å². The number of amides is 2. The Hall–Kier alpha value is -1.36. The van der Waals surface area contributed by atoms with Crippen molar-refractivity contribution >= 4 is 33.9 Å². The molecule has 1 aromatic rings. The summed E-state index contributed by atoms with van der Waals surface area (Å²) in [5.74, 6) is 0.313. The van der Waals surface area contributed by atoms with E-state index < -0.39 is 0 Å². The molecule has 2 amide bonds. The van der Waals surface area contributed by atoms with Gasteiger partial charge in [0.1, 0.15) is 0 Å². The summed E-state index contributed by atoms with van der Waals surface area (Å²) in [4.78, 5) is 11.3. The third-order valence-corrected chi connectivity index (χ3v) is 2.17. The molecule has 2 N–H and O–H groups in total. The second kappa shape index (κ2) is 6.27. The number of hydrogen-bond donors (Lipinski definition) is 2. The number of carbonyl (C=O) groups excluding carboxylic acids is 1. The molecule has 0 fully saturated rings. The topological polar surface area (TPSA) is 53.5 Å². The first-order valence-corrected chi connectivity index (χ1v) is 5.73. The molecule has 0 aromatic heterocycles. The van der Waals surface area contributed by atoms with Crippen LogP contribution in [-0.4, -0.2) is 12.2 Å². The molecule has 0 aliphatic carbocycles. The first-order chi connectivity index (χ1) is 7.58. The number of anilines is 1. The number of nitrogens with zero attached hydrogens (tertiary/aromatic N) is 1. The highest BCUT2D eigenvalue weighted by molar-refractivity contribution is 9.10. The molecule has 0 saturated heterocycles. The number of hydrazone groups is 1. The third kappa shape index (κ3) is 4.93. The van der Waals surface area contributed by atoms with Crippen LogP contribution in [0, 0.1) is 5.92 Å². The summed E-state index contributed by atoms with van der Waals surface area (Å²) >= 11 is 3.32. The zero-order valence-electron chi connectivity index (χ0n) is 9.20. The Bertz CT molecular complexity index is 373. The van der Waals surface area contributed by atoms with Crippen LogP contribution in [0.4, 0.5) is 10.5 Å². The van der Waals surface area contributed by atoms with Crippen molar-refractivity contribution in [2.45, 2.75) is 13.8 Å². The molecule has 0 aliphatic heterocycles. The van der Waals surface area contributed by atoms with E-state index in [-0.39, 0.29) is 6.03 Å². The number of hydrogen-bond acceptors (Lipinski definition) is 2. The fraction of sp³-hybridized carbons (Fsp3) is 0.273. The number of rotatable bonds is 3. The molecule has 0 heterocycles. The van der Waals surface area contributed by atoms with Crippen molar-refractivity contribution in [2.75, 3.05) is 5.32 Å². The van der Waals surface area contributed by atoms with Gasteiger partial charge in [-0.2, -0.15) is 5.10 Å². The van der Waals surface area contributed by atoms with Crippen LogP contribution in [0.15, 0.2) is 33.8 Å². The highest BCUT2D eigenvalue weighted by Crippen LogP contribution is 2.13. The monoisotopic (exact) mass is 283 g/mol. The van der Waals surface area contributed by atoms with Gasteiger partial charge in [-0.3, -0.25) is 0 Å². The van der Waals surface area contributed by atoms with Crippen molar-refractivity contribution in [3.8, 4) is 0 Å². The van der Waals surface area contributed by atoms with E-state index >= 15 is 0 Å². The SMILES string of the molecule is CC(C)/C=N/NC(=O)Nc1ccc(Br)cc1. The fourth-order valence-electron chi connectivity index (χ4n) is 0.937. The van der Waals surface area contributed by atoms with Gasteiger partial charge in [0, 0.05) is 16.4 Å². The van der Waals surface area contributed by atoms with E-state index in [9.17, 15) is 4.79 Å². The van der Waals surface area contributed by atoms with Crippen molar-refractivity contribution in [1.82, 2.24) is 5.43 Å². The van der Waals surface area contributed by atoms with Crippen molar-refractivity contribution in [3.05, 3.63) is 28.7 Å². The second-order valence-corrected chi connectivity index (χ2v) is 4.51. The Labute approximate surface area is 103 Å². The summed E-state index contributed by atoms with van der Waals surface area (Å²) < 4.78 is 0.969. The Morgan fingerprint density at radius 1 is 1.38 bits per heavy atom. The average molecular weight is 284 g/mol. The molecule has 4 nitrogen and oxygen atoms in total. The zero-order valence-corrected chi connectivity index (χ0v) is 10.8. The molecule has 0 atom stereocenters. The number of halogens is 1. The zero-order chi connectivity index (χ0) is 12.0. The maximum absolute atomic E-state index is 11.3. The van der Waals surface area contributed by atoms with Crippen molar-refractivity contribution in [2.24, 2.45) is 11.0 Å². The van der Waals surface area contributed by atoms with E-state index in [0.29, 0.717) is 5.92 Å². The Balaban J connectivity index is 2.43. The van der Waals surface area contributed by atoms with Gasteiger partial charge in [-0.25, -0.2) is 10.2 Å². The predicted octanol–water partition coefficient (Wildman–Crippen LogP) is 3.21. The Morgan fingerprint density at radius 3 is 2.56 bits per heavy atom. The van der Waals surface area contributed by atoms with Gasteiger partial charge in [-0.1, -0.05) is 29.8 Å². The standard InChI is InChI=1S/C11H14BrN3O/c1-8(2)7-13-15-11(16)14-10-5-3-9(12)4-6-10/h3-8H,1-2H3,(H2,14,15,16)/b13-7+. The lowest BCUT2D eigenvalue weighted by Gasteiger charge is -2.04. The Morgan fingerprint density at radius 2 is 2.00 bits per heavy atom. The van der Waals surface area contributed by atoms with Crippen LogP contribution in [-0.2, 0) is 0 Å². The van der Waals surface area contributed by atoms with E-state index in [4.69, 9.17) is 0 Å². The van der Waals surface area contributed by atoms with Crippen molar-refractivity contribution in [3.63, 3.8) is 0 Å². The molecule has 0 aliphatic rings. The highest BCUT2D eigenvalue weighted by Gasteiger charge is 1.99. The van der Waals surface area contributed by atoms with Crippen LogP contribution >= 0.6 is 15.9 Å². The van der Waals surface area contributed by atoms with Gasteiger partial charge in [0.15, 0.2) is 0 Å². The van der Waals surface area contributed by atoms with Gasteiger partial charge >= 0.3 is 6.03 Å². The molecular weight excluding hydrogens is 270 g/mol. The summed E-state index contributed by atoms with van der Waals surface area (Å²) in [6, 6.07) is 6.96. The van der Waals surface area contributed by atoms with Crippen molar-refractivity contribution in [1.29, 1.82) is 0 Å². The lowest BCUT2D eigenvalue weighted by molar-refractivity contribution is 0.252. The lowest BCUT2D eigenvalue weighted by Crippen LogP contribution is -2.24. The van der Waals surface area contributed by atoms with Crippen LogP contribution < -0.4 is 10.7 Å². The summed E-state index contributed by atoms with van der Waals surface area (Å²) in [7, 11) is 0. The normalized spacial score (nSPS) is 10.8. The van der Waals surface area contributed by atoms with E-state index in [1.807, 2.05) is 26.0 Å². The molecule has 1 aromatic carbocycles. The van der Waals surface area contributed by atoms with Gasteiger partial charge in [0.05, 0.1) is 0 Å². The maximum atomic E-state index is 11.3. The molecule has 86 valence electrons. The highest BCUT2D eigenvalue weighted by atomic mass is 79.9. The molecule has 0 radical (unpaired) electrons. The number of nitrogens with one attached hydrogen (secondary N) is 2. The minimum atomic E-state index is -0.348. The Kier molecular flexibility index (Phi) is 4.98. The predicted molar refractivity (Wildman–Crippen MR) is 69.6 cm³/mol. The van der Waals surface area contributed by atoms with Crippen LogP contribution in [0.5, 0.6) is 0 Å². The molecule has 0 saturated carbocycles. The number of benzene rings is 1. The minimum Gasteiger partial charge on any atom is -0.307 e. The molecule has 5 heteroatoms. The van der Waals surface area contributed by atoms with Crippen LogP contribution in [0.2, 0.25) is 0 Å². The van der Waals surface area contributed by atoms with E-state index in [1.54, 1.807) is 18.3 Å².